The fourth-order valence-electron chi connectivity index (χ4n) is 1.98. The van der Waals surface area contributed by atoms with Gasteiger partial charge in [-0.05, 0) is 24.6 Å². The molecule has 0 saturated heterocycles. The van der Waals surface area contributed by atoms with Gasteiger partial charge < -0.3 is 10.7 Å². The lowest BCUT2D eigenvalue weighted by Crippen LogP contribution is -1.92. The molecule has 0 radical (unpaired) electrons. The van der Waals surface area contributed by atoms with E-state index in [1.807, 2.05) is 6.92 Å². The number of nitrogens with one attached hydrogen (secondary N) is 1. The fraction of sp³-hybridized carbons (Fsp3) is 0.0769. The molecule has 0 bridgehead atoms. The molecule has 0 unspecified atom stereocenters. The maximum atomic E-state index is 6.18. The molecule has 0 fully saturated rings. The number of H-pyrrole nitrogens is 1. The summed E-state index contributed by atoms with van der Waals surface area (Å²) in [5.41, 5.74) is 8.94. The summed E-state index contributed by atoms with van der Waals surface area (Å²) in [6.07, 6.45) is 1.70. The average Bonchev–Trinajstić information content (AvgIpc) is 2.80. The Hall–Kier alpha value is -1.78. The minimum atomic E-state index is 0.381. The summed E-state index contributed by atoms with van der Waals surface area (Å²) in [5, 5.41) is 1.08. The van der Waals surface area contributed by atoms with Crippen molar-refractivity contribution in [3.63, 3.8) is 0 Å². The molecule has 0 amide bonds. The lowest BCUT2D eigenvalue weighted by atomic mass is 10.2. The van der Waals surface area contributed by atoms with Crippen LogP contribution in [0, 0.1) is 6.92 Å². The monoisotopic (exact) mass is 292 g/mol. The molecule has 19 heavy (non-hydrogen) atoms. The SMILES string of the molecule is Cc1cnc(N)c2nc(-c3c(Cl)cccc3Cl)[nH]c12. The number of nitrogens with two attached hydrogens (primary N) is 1. The summed E-state index contributed by atoms with van der Waals surface area (Å²) in [6.45, 7) is 1.94. The van der Waals surface area contributed by atoms with Crippen LogP contribution in [-0.2, 0) is 0 Å². The van der Waals surface area contributed by atoms with Crippen LogP contribution in [0.4, 0.5) is 5.82 Å². The highest BCUT2D eigenvalue weighted by Crippen LogP contribution is 2.34. The Labute approximate surface area is 119 Å². The van der Waals surface area contributed by atoms with Crippen LogP contribution in [0.5, 0.6) is 0 Å². The van der Waals surface area contributed by atoms with Gasteiger partial charge in [-0.1, -0.05) is 29.3 Å². The molecular weight excluding hydrogens is 283 g/mol. The number of nitrogen functional groups attached to an aromatic ring is 1. The normalized spacial score (nSPS) is 11.1. The Bertz CT molecular complexity index is 720. The van der Waals surface area contributed by atoms with E-state index in [2.05, 4.69) is 15.0 Å². The second-order valence-corrected chi connectivity index (χ2v) is 5.05. The summed E-state index contributed by atoms with van der Waals surface area (Å²) in [7, 11) is 0. The van der Waals surface area contributed by atoms with Crippen molar-refractivity contribution < 1.29 is 0 Å². The molecule has 0 atom stereocenters. The molecule has 1 aromatic carbocycles. The molecule has 6 heteroatoms. The van der Waals surface area contributed by atoms with E-state index in [9.17, 15) is 0 Å². The first kappa shape index (κ1) is 12.3. The third-order valence-electron chi connectivity index (χ3n) is 2.94. The third kappa shape index (κ3) is 1.93. The van der Waals surface area contributed by atoms with Crippen LogP contribution < -0.4 is 5.73 Å². The van der Waals surface area contributed by atoms with E-state index in [1.165, 1.54) is 0 Å². The van der Waals surface area contributed by atoms with Crippen LogP contribution in [0.2, 0.25) is 10.0 Å². The lowest BCUT2D eigenvalue weighted by Gasteiger charge is -2.02. The molecule has 0 spiro atoms. The van der Waals surface area contributed by atoms with Crippen molar-refractivity contribution in [2.24, 2.45) is 0 Å². The number of anilines is 1. The maximum Gasteiger partial charge on any atom is 0.151 e. The number of benzene rings is 1. The molecule has 0 aliphatic heterocycles. The van der Waals surface area contributed by atoms with Gasteiger partial charge in [0.05, 0.1) is 21.1 Å². The highest BCUT2D eigenvalue weighted by molar-refractivity contribution is 6.39. The van der Waals surface area contributed by atoms with E-state index in [0.29, 0.717) is 32.8 Å². The summed E-state index contributed by atoms with van der Waals surface area (Å²) >= 11 is 12.4. The average molecular weight is 293 g/mol. The molecule has 4 nitrogen and oxygen atoms in total. The number of hydrogen-bond donors (Lipinski definition) is 2. The molecule has 2 aromatic heterocycles. The molecular formula is C13H10Cl2N4. The summed E-state index contributed by atoms with van der Waals surface area (Å²) in [6, 6.07) is 5.33. The molecule has 0 aliphatic rings. The zero-order valence-corrected chi connectivity index (χ0v) is 11.5. The van der Waals surface area contributed by atoms with Crippen LogP contribution in [0.15, 0.2) is 24.4 Å². The largest absolute Gasteiger partial charge is 0.382 e. The van der Waals surface area contributed by atoms with Gasteiger partial charge in [0, 0.05) is 6.20 Å². The van der Waals surface area contributed by atoms with Gasteiger partial charge in [-0.25, -0.2) is 9.97 Å². The number of aryl methyl sites for hydroxylation is 1. The first-order chi connectivity index (χ1) is 9.08. The lowest BCUT2D eigenvalue weighted by molar-refractivity contribution is 1.30. The molecule has 2 heterocycles. The van der Waals surface area contributed by atoms with Crippen LogP contribution >= 0.6 is 23.2 Å². The zero-order valence-electron chi connectivity index (χ0n) is 10.0. The quantitative estimate of drug-likeness (QED) is 0.716. The van der Waals surface area contributed by atoms with Crippen LogP contribution in [0.25, 0.3) is 22.4 Å². The van der Waals surface area contributed by atoms with Gasteiger partial charge in [0.2, 0.25) is 0 Å². The number of rotatable bonds is 1. The number of halogens is 2. The number of hydrogen-bond acceptors (Lipinski definition) is 3. The number of nitrogens with zero attached hydrogens (tertiary/aromatic N) is 2. The summed E-state index contributed by atoms with van der Waals surface area (Å²) < 4.78 is 0. The van der Waals surface area contributed by atoms with Crippen LogP contribution in [0.1, 0.15) is 5.56 Å². The van der Waals surface area contributed by atoms with Crippen molar-refractivity contribution in [3.05, 3.63) is 40.0 Å². The molecule has 0 saturated carbocycles. The molecule has 0 aliphatic carbocycles. The van der Waals surface area contributed by atoms with Gasteiger partial charge >= 0.3 is 0 Å². The van der Waals surface area contributed by atoms with Crippen LogP contribution in [-0.4, -0.2) is 15.0 Å². The fourth-order valence-corrected chi connectivity index (χ4v) is 2.55. The third-order valence-corrected chi connectivity index (χ3v) is 3.57. The Morgan fingerprint density at radius 2 is 1.89 bits per heavy atom. The highest BCUT2D eigenvalue weighted by Gasteiger charge is 2.15. The molecule has 3 aromatic rings. The van der Waals surface area contributed by atoms with Gasteiger partial charge in [-0.3, -0.25) is 0 Å². The van der Waals surface area contributed by atoms with Gasteiger partial charge in [-0.15, -0.1) is 0 Å². The van der Waals surface area contributed by atoms with Crippen molar-refractivity contribution in [2.75, 3.05) is 5.73 Å². The first-order valence-corrected chi connectivity index (χ1v) is 6.38. The van der Waals surface area contributed by atoms with E-state index >= 15 is 0 Å². The molecule has 96 valence electrons. The highest BCUT2D eigenvalue weighted by atomic mass is 35.5. The number of aromatic amines is 1. The number of fused-ring (bicyclic) bond motifs is 1. The van der Waals surface area contributed by atoms with Crippen LogP contribution in [0.3, 0.4) is 0 Å². The Kier molecular flexibility index (Phi) is 2.84. The van der Waals surface area contributed by atoms with Crippen molar-refractivity contribution in [3.8, 4) is 11.4 Å². The Morgan fingerprint density at radius 3 is 2.53 bits per heavy atom. The van der Waals surface area contributed by atoms with Crippen molar-refractivity contribution in [1.29, 1.82) is 0 Å². The molecule has 3 N–H and O–H groups in total. The van der Waals surface area contributed by atoms with Crippen molar-refractivity contribution in [2.45, 2.75) is 6.92 Å². The van der Waals surface area contributed by atoms with E-state index < -0.39 is 0 Å². The number of imidazole rings is 1. The van der Waals surface area contributed by atoms with E-state index in [1.54, 1.807) is 24.4 Å². The van der Waals surface area contributed by atoms with E-state index in [0.717, 1.165) is 11.1 Å². The standard InChI is InChI=1S/C13H10Cl2N4/c1-6-5-17-12(16)11-10(6)18-13(19-11)9-7(14)3-2-4-8(9)15/h2-5H,1H3,(H2,16,17)(H,18,19). The van der Waals surface area contributed by atoms with Crippen molar-refractivity contribution in [1.82, 2.24) is 15.0 Å². The molecule has 3 rings (SSSR count). The van der Waals surface area contributed by atoms with Gasteiger partial charge in [0.1, 0.15) is 11.3 Å². The van der Waals surface area contributed by atoms with E-state index in [4.69, 9.17) is 28.9 Å². The van der Waals surface area contributed by atoms with Gasteiger partial charge in [-0.2, -0.15) is 0 Å². The predicted molar refractivity (Wildman–Crippen MR) is 78.5 cm³/mol. The Balaban J connectivity index is 2.33. The summed E-state index contributed by atoms with van der Waals surface area (Å²) in [5.74, 6) is 0.972. The second kappa shape index (κ2) is 4.40. The number of aromatic nitrogens is 3. The maximum absolute atomic E-state index is 6.18. The smallest absolute Gasteiger partial charge is 0.151 e. The topological polar surface area (TPSA) is 67.6 Å². The zero-order chi connectivity index (χ0) is 13.6. The minimum Gasteiger partial charge on any atom is -0.382 e. The Morgan fingerprint density at radius 1 is 1.21 bits per heavy atom. The van der Waals surface area contributed by atoms with Crippen molar-refractivity contribution >= 4 is 40.1 Å². The van der Waals surface area contributed by atoms with Gasteiger partial charge in [0.25, 0.3) is 0 Å². The predicted octanol–water partition coefficient (Wildman–Crippen LogP) is 3.82. The summed E-state index contributed by atoms with van der Waals surface area (Å²) in [4.78, 5) is 11.7. The second-order valence-electron chi connectivity index (χ2n) is 4.23. The first-order valence-electron chi connectivity index (χ1n) is 5.63. The van der Waals surface area contributed by atoms with Gasteiger partial charge in [0.15, 0.2) is 5.82 Å². The van der Waals surface area contributed by atoms with E-state index in [-0.39, 0.29) is 0 Å². The minimum absolute atomic E-state index is 0.381. The number of pyridine rings is 1.